The molecule has 0 unspecified atom stereocenters. The molecule has 146 valence electrons. The first kappa shape index (κ1) is 18.4. The highest BCUT2D eigenvalue weighted by Gasteiger charge is 2.23. The molecule has 2 aromatic heterocycles. The molecule has 2 amide bonds. The minimum atomic E-state index is -0.116. The van der Waals surface area contributed by atoms with Gasteiger partial charge in [-0.1, -0.05) is 5.16 Å². The van der Waals surface area contributed by atoms with Gasteiger partial charge in [-0.15, -0.1) is 11.3 Å². The first-order valence-corrected chi connectivity index (χ1v) is 9.74. The molecular weight excluding hydrogens is 380 g/mol. The second-order valence-corrected chi connectivity index (χ2v) is 7.17. The molecule has 0 radical (unpaired) electrons. The van der Waals surface area contributed by atoms with Crippen LogP contribution in [-0.2, 0) is 6.54 Å². The molecule has 10 heteroatoms. The van der Waals surface area contributed by atoms with Crippen LogP contribution < -0.4 is 10.1 Å². The van der Waals surface area contributed by atoms with Gasteiger partial charge < -0.3 is 14.2 Å². The van der Waals surface area contributed by atoms with Crippen LogP contribution in [0.5, 0.6) is 5.75 Å². The van der Waals surface area contributed by atoms with Crippen molar-refractivity contribution in [3.05, 3.63) is 41.7 Å². The number of piperazine rings is 1. The van der Waals surface area contributed by atoms with Crippen LogP contribution in [0.2, 0.25) is 0 Å². The van der Waals surface area contributed by atoms with Gasteiger partial charge in [0.25, 0.3) is 0 Å². The van der Waals surface area contributed by atoms with Crippen LogP contribution in [0.15, 0.2) is 40.4 Å². The summed E-state index contributed by atoms with van der Waals surface area (Å²) < 4.78 is 10.5. The molecule has 4 rings (SSSR count). The number of hydrogen-bond acceptors (Lipinski definition) is 8. The van der Waals surface area contributed by atoms with Crippen LogP contribution in [0.1, 0.15) is 5.89 Å². The maximum Gasteiger partial charge on any atom is 0.323 e. The van der Waals surface area contributed by atoms with Crippen LogP contribution in [0.3, 0.4) is 0 Å². The van der Waals surface area contributed by atoms with Crippen molar-refractivity contribution in [2.45, 2.75) is 6.54 Å². The molecule has 1 saturated heterocycles. The predicted octanol–water partition coefficient (Wildman–Crippen LogP) is 2.55. The van der Waals surface area contributed by atoms with E-state index in [0.29, 0.717) is 36.5 Å². The lowest BCUT2D eigenvalue weighted by molar-refractivity contribution is 0.133. The number of rotatable bonds is 5. The molecule has 3 aromatic rings. The van der Waals surface area contributed by atoms with Crippen molar-refractivity contribution in [3.63, 3.8) is 0 Å². The van der Waals surface area contributed by atoms with Gasteiger partial charge in [-0.2, -0.15) is 4.98 Å². The van der Waals surface area contributed by atoms with E-state index in [1.807, 2.05) is 29.6 Å². The monoisotopic (exact) mass is 400 g/mol. The van der Waals surface area contributed by atoms with Gasteiger partial charge in [-0.3, -0.25) is 10.2 Å². The van der Waals surface area contributed by atoms with E-state index in [1.165, 1.54) is 11.3 Å². The zero-order chi connectivity index (χ0) is 19.3. The average molecular weight is 400 g/mol. The molecule has 0 aliphatic carbocycles. The summed E-state index contributed by atoms with van der Waals surface area (Å²) in [6.07, 6.45) is 1.67. The number of anilines is 1. The number of benzene rings is 1. The van der Waals surface area contributed by atoms with E-state index >= 15 is 0 Å². The van der Waals surface area contributed by atoms with Crippen molar-refractivity contribution >= 4 is 22.5 Å². The lowest BCUT2D eigenvalue weighted by atomic mass is 10.2. The number of carbonyl (C=O) groups excluding carboxylic acids is 1. The predicted molar refractivity (Wildman–Crippen MR) is 104 cm³/mol. The molecule has 1 aromatic carbocycles. The van der Waals surface area contributed by atoms with Gasteiger partial charge in [0.2, 0.25) is 11.7 Å². The number of nitrogens with zero attached hydrogens (tertiary/aromatic N) is 5. The zero-order valence-electron chi connectivity index (χ0n) is 15.4. The summed E-state index contributed by atoms with van der Waals surface area (Å²) in [6, 6.07) is 7.40. The van der Waals surface area contributed by atoms with E-state index < -0.39 is 0 Å². The molecule has 0 atom stereocenters. The molecule has 1 aliphatic rings. The summed E-state index contributed by atoms with van der Waals surface area (Å²) >= 11 is 1.41. The van der Waals surface area contributed by atoms with Crippen LogP contribution in [0.25, 0.3) is 11.4 Å². The summed E-state index contributed by atoms with van der Waals surface area (Å²) in [7, 11) is 1.63. The van der Waals surface area contributed by atoms with Gasteiger partial charge in [0.1, 0.15) is 5.75 Å². The Bertz CT molecular complexity index is 904. The molecule has 1 fully saturated rings. The van der Waals surface area contributed by atoms with Crippen LogP contribution in [-0.4, -0.2) is 64.2 Å². The third kappa shape index (κ3) is 4.29. The van der Waals surface area contributed by atoms with Gasteiger partial charge in [0.15, 0.2) is 5.13 Å². The topological polar surface area (TPSA) is 96.6 Å². The summed E-state index contributed by atoms with van der Waals surface area (Å²) in [5.74, 6) is 1.90. The number of methoxy groups -OCH3 is 1. The summed E-state index contributed by atoms with van der Waals surface area (Å²) in [5.41, 5.74) is 0.875. The number of nitrogens with one attached hydrogen (secondary N) is 1. The molecule has 3 heterocycles. The molecule has 1 N–H and O–H groups in total. The number of carbonyl (C=O) groups is 1. The van der Waals surface area contributed by atoms with Crippen molar-refractivity contribution in [3.8, 4) is 17.1 Å². The average Bonchev–Trinajstić information content (AvgIpc) is 3.41. The van der Waals surface area contributed by atoms with E-state index in [-0.39, 0.29) is 6.03 Å². The number of thiazole rings is 1. The van der Waals surface area contributed by atoms with Crippen LogP contribution >= 0.6 is 11.3 Å². The Kier molecular flexibility index (Phi) is 5.49. The van der Waals surface area contributed by atoms with Crippen molar-refractivity contribution in [1.82, 2.24) is 24.9 Å². The highest BCUT2D eigenvalue weighted by Crippen LogP contribution is 2.20. The van der Waals surface area contributed by atoms with E-state index in [9.17, 15) is 4.79 Å². The molecule has 9 nitrogen and oxygen atoms in total. The van der Waals surface area contributed by atoms with Gasteiger partial charge in [-0.05, 0) is 24.3 Å². The van der Waals surface area contributed by atoms with Gasteiger partial charge in [0.05, 0.1) is 13.7 Å². The van der Waals surface area contributed by atoms with Crippen molar-refractivity contribution in [1.29, 1.82) is 0 Å². The SMILES string of the molecule is COc1ccc(-c2noc(CN3CCN(C(=O)Nc4nccs4)CC3)n2)cc1. The minimum Gasteiger partial charge on any atom is -0.497 e. The van der Waals surface area contributed by atoms with Gasteiger partial charge >= 0.3 is 6.03 Å². The normalized spacial score (nSPS) is 14.8. The molecular formula is C18H20N6O3S. The maximum absolute atomic E-state index is 12.2. The Morgan fingerprint density at radius 3 is 2.71 bits per heavy atom. The Balaban J connectivity index is 1.29. The number of amides is 2. The molecule has 28 heavy (non-hydrogen) atoms. The Labute approximate surface area is 165 Å². The molecule has 0 spiro atoms. The summed E-state index contributed by atoms with van der Waals surface area (Å²) in [4.78, 5) is 24.8. The first-order chi connectivity index (χ1) is 13.7. The number of aromatic nitrogens is 3. The standard InChI is InChI=1S/C18H20N6O3S/c1-26-14-4-2-13(3-5-14)16-20-15(27-22-16)12-23-7-9-24(10-8-23)18(25)21-17-19-6-11-28-17/h2-6,11H,7-10,12H2,1H3,(H,19,21,25). The van der Waals surface area contributed by atoms with Gasteiger partial charge in [-0.25, -0.2) is 9.78 Å². The Morgan fingerprint density at radius 2 is 2.04 bits per heavy atom. The summed E-state index contributed by atoms with van der Waals surface area (Å²) in [6.45, 7) is 3.32. The van der Waals surface area contributed by atoms with Gasteiger partial charge in [0, 0.05) is 43.3 Å². The van der Waals surface area contributed by atoms with Crippen molar-refractivity contribution in [2.24, 2.45) is 0 Å². The van der Waals surface area contributed by atoms with E-state index in [0.717, 1.165) is 24.4 Å². The van der Waals surface area contributed by atoms with Crippen LogP contribution in [0, 0.1) is 0 Å². The second kappa shape index (κ2) is 8.36. The van der Waals surface area contributed by atoms with Crippen LogP contribution in [0.4, 0.5) is 9.93 Å². The third-order valence-corrected chi connectivity index (χ3v) is 5.17. The highest BCUT2D eigenvalue weighted by atomic mass is 32.1. The maximum atomic E-state index is 12.2. The molecule has 0 bridgehead atoms. The molecule has 1 aliphatic heterocycles. The number of hydrogen-bond donors (Lipinski definition) is 1. The van der Waals surface area contributed by atoms with Crippen molar-refractivity contribution in [2.75, 3.05) is 38.6 Å². The fraction of sp³-hybridized carbons (Fsp3) is 0.333. The Morgan fingerprint density at radius 1 is 1.25 bits per heavy atom. The van der Waals surface area contributed by atoms with E-state index in [1.54, 1.807) is 18.2 Å². The van der Waals surface area contributed by atoms with Crippen molar-refractivity contribution < 1.29 is 14.1 Å². The van der Waals surface area contributed by atoms with E-state index in [2.05, 4.69) is 25.3 Å². The lowest BCUT2D eigenvalue weighted by Crippen LogP contribution is -2.49. The van der Waals surface area contributed by atoms with E-state index in [4.69, 9.17) is 9.26 Å². The Hall–Kier alpha value is -2.98. The third-order valence-electron chi connectivity index (χ3n) is 4.48. The quantitative estimate of drug-likeness (QED) is 0.703. The number of urea groups is 1. The number of ether oxygens (including phenoxy) is 1. The highest BCUT2D eigenvalue weighted by molar-refractivity contribution is 7.13. The lowest BCUT2D eigenvalue weighted by Gasteiger charge is -2.33. The fourth-order valence-electron chi connectivity index (χ4n) is 2.93. The second-order valence-electron chi connectivity index (χ2n) is 6.27. The molecule has 0 saturated carbocycles. The fourth-order valence-corrected chi connectivity index (χ4v) is 3.45. The zero-order valence-corrected chi connectivity index (χ0v) is 16.2. The summed E-state index contributed by atoms with van der Waals surface area (Å²) in [5, 5.41) is 9.32. The minimum absolute atomic E-state index is 0.116. The smallest absolute Gasteiger partial charge is 0.323 e. The first-order valence-electron chi connectivity index (χ1n) is 8.86. The largest absolute Gasteiger partial charge is 0.497 e.